The lowest BCUT2D eigenvalue weighted by Crippen LogP contribution is -2.37. The summed E-state index contributed by atoms with van der Waals surface area (Å²) in [6.45, 7) is 3.27. The van der Waals surface area contributed by atoms with Crippen molar-refractivity contribution < 1.29 is 23.9 Å². The molecule has 150 valence electrons. The quantitative estimate of drug-likeness (QED) is 0.599. The lowest BCUT2D eigenvalue weighted by Gasteiger charge is -2.19. The van der Waals surface area contributed by atoms with E-state index >= 15 is 0 Å². The fraction of sp³-hybridized carbons (Fsp3) is 0.524. The van der Waals surface area contributed by atoms with Crippen LogP contribution in [-0.2, 0) is 23.9 Å². The van der Waals surface area contributed by atoms with Crippen LogP contribution in [0.4, 0.5) is 5.69 Å². The fourth-order valence-corrected chi connectivity index (χ4v) is 3.86. The van der Waals surface area contributed by atoms with E-state index in [2.05, 4.69) is 19.2 Å². The summed E-state index contributed by atoms with van der Waals surface area (Å²) in [5.41, 5.74) is 1.77. The Balaban J connectivity index is 1.47. The molecule has 0 spiro atoms. The summed E-state index contributed by atoms with van der Waals surface area (Å²) in [5.74, 6) is -2.02. The number of carbonyl (C=O) groups excluding carboxylic acids is 4. The van der Waals surface area contributed by atoms with Gasteiger partial charge in [-0.1, -0.05) is 38.8 Å². The highest BCUT2D eigenvalue weighted by atomic mass is 16.5. The van der Waals surface area contributed by atoms with Gasteiger partial charge in [0.25, 0.3) is 5.91 Å². The monoisotopic (exact) mass is 386 g/mol. The molecule has 0 radical (unpaired) electrons. The Morgan fingerprint density at radius 1 is 1.07 bits per heavy atom. The number of amides is 3. The molecule has 2 aliphatic rings. The molecule has 2 fully saturated rings. The molecule has 1 aromatic rings. The Labute approximate surface area is 164 Å². The van der Waals surface area contributed by atoms with Gasteiger partial charge >= 0.3 is 5.97 Å². The van der Waals surface area contributed by atoms with Crippen LogP contribution in [0.15, 0.2) is 24.3 Å². The number of anilines is 1. The molecule has 3 rings (SSSR count). The fourth-order valence-electron chi connectivity index (χ4n) is 3.86. The number of carbonyl (C=O) groups is 4. The molecule has 28 heavy (non-hydrogen) atoms. The lowest BCUT2D eigenvalue weighted by atomic mass is 9.81. The number of ether oxygens (including phenoxy) is 1. The van der Waals surface area contributed by atoms with Crippen molar-refractivity contribution in [3.63, 3.8) is 0 Å². The van der Waals surface area contributed by atoms with Gasteiger partial charge in [0.05, 0.1) is 11.8 Å². The number of hydrogen-bond donors (Lipinski definition) is 1. The molecule has 7 heteroatoms. The minimum Gasteiger partial charge on any atom is -0.454 e. The number of nitrogens with one attached hydrogen (secondary N) is 1. The molecule has 1 aliphatic carbocycles. The Morgan fingerprint density at radius 3 is 2.18 bits per heavy atom. The number of hydrogen-bond acceptors (Lipinski definition) is 5. The molecule has 0 bridgehead atoms. The predicted octanol–water partition coefficient (Wildman–Crippen LogP) is 2.47. The Kier molecular flexibility index (Phi) is 6.11. The number of nitrogens with zero attached hydrogens (tertiary/aromatic N) is 1. The zero-order chi connectivity index (χ0) is 20.3. The maximum atomic E-state index is 12.4. The van der Waals surface area contributed by atoms with Crippen molar-refractivity contribution in [1.29, 1.82) is 0 Å². The number of fused-ring (bicyclic) bond motifs is 1. The van der Waals surface area contributed by atoms with Crippen molar-refractivity contribution in [2.75, 3.05) is 18.5 Å². The van der Waals surface area contributed by atoms with Crippen molar-refractivity contribution in [3.8, 4) is 0 Å². The average Bonchev–Trinajstić information content (AvgIpc) is 2.92. The zero-order valence-corrected chi connectivity index (χ0v) is 16.3. The molecule has 1 saturated carbocycles. The minimum absolute atomic E-state index is 0.290. The van der Waals surface area contributed by atoms with E-state index in [-0.39, 0.29) is 23.7 Å². The molecule has 1 heterocycles. The minimum atomic E-state index is -0.759. The van der Waals surface area contributed by atoms with Crippen LogP contribution in [0.5, 0.6) is 0 Å². The smallest absolute Gasteiger partial charge is 0.326 e. The van der Waals surface area contributed by atoms with Crippen molar-refractivity contribution >= 4 is 29.4 Å². The van der Waals surface area contributed by atoms with E-state index in [0.29, 0.717) is 24.4 Å². The van der Waals surface area contributed by atoms with Crippen LogP contribution in [0, 0.1) is 11.8 Å². The first-order chi connectivity index (χ1) is 13.4. The first-order valence-corrected chi connectivity index (χ1v) is 9.77. The third-order valence-electron chi connectivity index (χ3n) is 5.44. The molecule has 0 aromatic heterocycles. The Hall–Kier alpha value is -2.70. The second-order valence-electron chi connectivity index (χ2n) is 7.75. The number of rotatable bonds is 6. The van der Waals surface area contributed by atoms with Gasteiger partial charge in [0.1, 0.15) is 6.54 Å². The Bertz CT molecular complexity index is 748. The van der Waals surface area contributed by atoms with Crippen LogP contribution in [0.1, 0.15) is 51.0 Å². The molecular weight excluding hydrogens is 360 g/mol. The topological polar surface area (TPSA) is 92.8 Å². The summed E-state index contributed by atoms with van der Waals surface area (Å²) >= 11 is 0. The SMILES string of the molecule is CC(C)c1ccc(NC(=O)COC(=O)CN2C(=O)[C@H]3CCCC[C@H]3C2=O)cc1. The van der Waals surface area contributed by atoms with Crippen LogP contribution in [0.3, 0.4) is 0 Å². The van der Waals surface area contributed by atoms with E-state index in [9.17, 15) is 19.2 Å². The number of benzene rings is 1. The molecular formula is C21H26N2O5. The van der Waals surface area contributed by atoms with Crippen molar-refractivity contribution in [3.05, 3.63) is 29.8 Å². The highest BCUT2D eigenvalue weighted by Gasteiger charge is 2.48. The molecule has 1 saturated heterocycles. The third-order valence-corrected chi connectivity index (χ3v) is 5.44. The summed E-state index contributed by atoms with van der Waals surface area (Å²) in [7, 11) is 0. The lowest BCUT2D eigenvalue weighted by molar-refractivity contribution is -0.154. The first kappa shape index (κ1) is 20.0. The maximum Gasteiger partial charge on any atom is 0.326 e. The highest BCUT2D eigenvalue weighted by molar-refractivity contribution is 6.07. The van der Waals surface area contributed by atoms with E-state index < -0.39 is 25.0 Å². The summed E-state index contributed by atoms with van der Waals surface area (Å²) in [4.78, 5) is 49.7. The van der Waals surface area contributed by atoms with Gasteiger partial charge in [-0.05, 0) is 36.5 Å². The van der Waals surface area contributed by atoms with Gasteiger partial charge in [0.2, 0.25) is 11.8 Å². The molecule has 1 aliphatic heterocycles. The van der Waals surface area contributed by atoms with Gasteiger partial charge in [0, 0.05) is 5.69 Å². The zero-order valence-electron chi connectivity index (χ0n) is 16.3. The van der Waals surface area contributed by atoms with Crippen LogP contribution >= 0.6 is 0 Å². The van der Waals surface area contributed by atoms with Crippen LogP contribution in [0.25, 0.3) is 0 Å². The first-order valence-electron chi connectivity index (χ1n) is 9.77. The molecule has 1 N–H and O–H groups in total. The predicted molar refractivity (Wildman–Crippen MR) is 102 cm³/mol. The van der Waals surface area contributed by atoms with E-state index in [0.717, 1.165) is 23.3 Å². The number of imide groups is 1. The van der Waals surface area contributed by atoms with Crippen LogP contribution in [0.2, 0.25) is 0 Å². The van der Waals surface area contributed by atoms with Gasteiger partial charge < -0.3 is 10.1 Å². The van der Waals surface area contributed by atoms with E-state index in [1.54, 1.807) is 12.1 Å². The normalized spacial score (nSPS) is 21.6. The second-order valence-corrected chi connectivity index (χ2v) is 7.75. The molecule has 2 atom stereocenters. The van der Waals surface area contributed by atoms with Crippen molar-refractivity contribution in [2.45, 2.75) is 45.4 Å². The van der Waals surface area contributed by atoms with Crippen LogP contribution in [-0.4, -0.2) is 41.7 Å². The van der Waals surface area contributed by atoms with Gasteiger partial charge in [0.15, 0.2) is 6.61 Å². The van der Waals surface area contributed by atoms with Crippen LogP contribution < -0.4 is 5.32 Å². The standard InChI is InChI=1S/C21H26N2O5/c1-13(2)14-7-9-15(10-8-14)22-18(24)12-28-19(25)11-23-20(26)16-5-3-4-6-17(16)21(23)27/h7-10,13,16-17H,3-6,11-12H2,1-2H3,(H,22,24)/t16-,17+. The second kappa shape index (κ2) is 8.54. The van der Waals surface area contributed by atoms with Gasteiger partial charge in [-0.2, -0.15) is 0 Å². The third kappa shape index (κ3) is 4.40. The molecule has 0 unspecified atom stereocenters. The van der Waals surface area contributed by atoms with Gasteiger partial charge in [-0.3, -0.25) is 24.1 Å². The van der Waals surface area contributed by atoms with Gasteiger partial charge in [-0.15, -0.1) is 0 Å². The van der Waals surface area contributed by atoms with E-state index in [1.165, 1.54) is 0 Å². The van der Waals surface area contributed by atoms with Gasteiger partial charge in [-0.25, -0.2) is 0 Å². The van der Waals surface area contributed by atoms with E-state index in [4.69, 9.17) is 4.74 Å². The average molecular weight is 386 g/mol. The summed E-state index contributed by atoms with van der Waals surface area (Å²) in [5, 5.41) is 2.65. The number of esters is 1. The van der Waals surface area contributed by atoms with E-state index in [1.807, 2.05) is 12.1 Å². The summed E-state index contributed by atoms with van der Waals surface area (Å²) < 4.78 is 4.95. The molecule has 3 amide bonds. The summed E-state index contributed by atoms with van der Waals surface area (Å²) in [6.07, 6.45) is 3.24. The molecule has 7 nitrogen and oxygen atoms in total. The largest absolute Gasteiger partial charge is 0.454 e. The summed E-state index contributed by atoms with van der Waals surface area (Å²) in [6, 6.07) is 7.43. The number of likely N-dealkylation sites (tertiary alicyclic amines) is 1. The maximum absolute atomic E-state index is 12.4. The molecule has 1 aromatic carbocycles. The van der Waals surface area contributed by atoms with Crippen molar-refractivity contribution in [2.24, 2.45) is 11.8 Å². The Morgan fingerprint density at radius 2 is 1.64 bits per heavy atom. The van der Waals surface area contributed by atoms with Crippen molar-refractivity contribution in [1.82, 2.24) is 4.90 Å². The highest BCUT2D eigenvalue weighted by Crippen LogP contribution is 2.37.